The number of rotatable bonds is 9. The first-order valence-corrected chi connectivity index (χ1v) is 10.1. The molecule has 3 rings (SSSR count). The van der Waals surface area contributed by atoms with E-state index in [2.05, 4.69) is 0 Å². The summed E-state index contributed by atoms with van der Waals surface area (Å²) in [6.45, 7) is 0. The summed E-state index contributed by atoms with van der Waals surface area (Å²) in [4.78, 5) is 13.1. The molecule has 0 bridgehead atoms. The Labute approximate surface area is 188 Å². The van der Waals surface area contributed by atoms with Crippen molar-refractivity contribution in [1.29, 1.82) is 0 Å². The van der Waals surface area contributed by atoms with Gasteiger partial charge in [0.05, 0.1) is 33.9 Å². The lowest BCUT2D eigenvalue weighted by Crippen LogP contribution is -2.48. The second-order valence-corrected chi connectivity index (χ2v) is 7.13. The Hall–Kier alpha value is -3.51. The molecule has 1 atom stereocenters. The molecular weight excluding hydrogens is 408 g/mol. The van der Waals surface area contributed by atoms with Crippen LogP contribution in [0.5, 0.6) is 17.2 Å². The van der Waals surface area contributed by atoms with Crippen molar-refractivity contribution < 1.29 is 28.5 Å². The average molecular weight is 437 g/mol. The first kappa shape index (κ1) is 23.2. The normalized spacial score (nSPS) is 12.0. The minimum atomic E-state index is -1.02. The van der Waals surface area contributed by atoms with Crippen LogP contribution >= 0.6 is 0 Å². The van der Waals surface area contributed by atoms with Crippen molar-refractivity contribution in [2.45, 2.75) is 11.5 Å². The van der Waals surface area contributed by atoms with Crippen LogP contribution in [0.2, 0.25) is 0 Å². The molecule has 3 aromatic rings. The van der Waals surface area contributed by atoms with Crippen LogP contribution in [0.4, 0.5) is 0 Å². The van der Waals surface area contributed by atoms with E-state index in [0.29, 0.717) is 17.2 Å². The number of hydrogen-bond donors (Lipinski definition) is 0. The van der Waals surface area contributed by atoms with Gasteiger partial charge in [-0.25, -0.2) is 4.79 Å². The van der Waals surface area contributed by atoms with Gasteiger partial charge in [-0.15, -0.1) is 0 Å². The molecule has 0 saturated carbocycles. The second-order valence-electron chi connectivity index (χ2n) is 7.13. The average Bonchev–Trinajstić information content (AvgIpc) is 2.87. The largest absolute Gasteiger partial charge is 0.497 e. The van der Waals surface area contributed by atoms with Gasteiger partial charge in [0.15, 0.2) is 6.10 Å². The third-order valence-electron chi connectivity index (χ3n) is 5.68. The van der Waals surface area contributed by atoms with Crippen LogP contribution in [-0.2, 0) is 19.7 Å². The predicted molar refractivity (Wildman–Crippen MR) is 122 cm³/mol. The summed E-state index contributed by atoms with van der Waals surface area (Å²) in [6, 6.07) is 22.8. The summed E-state index contributed by atoms with van der Waals surface area (Å²) in [5, 5.41) is 0. The summed E-state index contributed by atoms with van der Waals surface area (Å²) < 4.78 is 27.1. The molecule has 6 heteroatoms. The van der Waals surface area contributed by atoms with Crippen LogP contribution in [0.15, 0.2) is 72.8 Å². The maximum atomic E-state index is 13.1. The van der Waals surface area contributed by atoms with E-state index in [1.165, 1.54) is 14.2 Å². The van der Waals surface area contributed by atoms with Gasteiger partial charge in [-0.05, 0) is 53.1 Å². The van der Waals surface area contributed by atoms with E-state index < -0.39 is 17.5 Å². The van der Waals surface area contributed by atoms with Gasteiger partial charge >= 0.3 is 5.97 Å². The zero-order valence-electron chi connectivity index (χ0n) is 19.0. The number of esters is 1. The van der Waals surface area contributed by atoms with Crippen molar-refractivity contribution in [1.82, 2.24) is 0 Å². The Kier molecular flexibility index (Phi) is 7.38. The van der Waals surface area contributed by atoms with Gasteiger partial charge in [0.1, 0.15) is 17.2 Å². The fraction of sp³-hybridized carbons (Fsp3) is 0.269. The van der Waals surface area contributed by atoms with E-state index in [0.717, 1.165) is 16.7 Å². The highest BCUT2D eigenvalue weighted by Crippen LogP contribution is 2.45. The van der Waals surface area contributed by atoms with E-state index >= 15 is 0 Å². The predicted octanol–water partition coefficient (Wildman–Crippen LogP) is 4.23. The smallest absolute Gasteiger partial charge is 0.336 e. The number of hydrogen-bond acceptors (Lipinski definition) is 6. The summed E-state index contributed by atoms with van der Waals surface area (Å²) >= 11 is 0. The number of carbonyl (C=O) groups excluding carboxylic acids is 1. The lowest BCUT2D eigenvalue weighted by atomic mass is 9.65. The minimum absolute atomic E-state index is 0.491. The number of ether oxygens (including phenoxy) is 5. The second kappa shape index (κ2) is 10.2. The van der Waals surface area contributed by atoms with Crippen molar-refractivity contribution in [2.24, 2.45) is 0 Å². The molecule has 0 aromatic heterocycles. The van der Waals surface area contributed by atoms with Crippen LogP contribution in [0.1, 0.15) is 16.7 Å². The fourth-order valence-electron chi connectivity index (χ4n) is 4.07. The van der Waals surface area contributed by atoms with Crippen molar-refractivity contribution in [3.63, 3.8) is 0 Å². The minimum Gasteiger partial charge on any atom is -0.497 e. The van der Waals surface area contributed by atoms with Crippen LogP contribution < -0.4 is 14.2 Å². The molecule has 0 amide bonds. The van der Waals surface area contributed by atoms with Crippen LogP contribution in [0.3, 0.4) is 0 Å². The zero-order valence-corrected chi connectivity index (χ0v) is 19.0. The fourth-order valence-corrected chi connectivity index (χ4v) is 4.07. The molecule has 168 valence electrons. The van der Waals surface area contributed by atoms with Crippen LogP contribution in [-0.4, -0.2) is 47.6 Å². The van der Waals surface area contributed by atoms with E-state index in [1.807, 2.05) is 72.8 Å². The highest BCUT2D eigenvalue weighted by molar-refractivity contribution is 5.80. The quantitative estimate of drug-likeness (QED) is 0.369. The first-order valence-electron chi connectivity index (χ1n) is 10.1. The molecule has 1 unspecified atom stereocenters. The first-order chi connectivity index (χ1) is 15.5. The SMILES string of the molecule is COC(=O)C(OC)C(c1ccc(OC)cc1)(c1ccc(OC)cc1)c1ccc(OC)cc1. The van der Waals surface area contributed by atoms with E-state index in [1.54, 1.807) is 21.3 Å². The van der Waals surface area contributed by atoms with Gasteiger partial charge in [0, 0.05) is 7.11 Å². The van der Waals surface area contributed by atoms with Crippen molar-refractivity contribution >= 4 is 5.97 Å². The molecular formula is C26H28O6. The number of benzene rings is 3. The van der Waals surface area contributed by atoms with Gasteiger partial charge in [-0.1, -0.05) is 36.4 Å². The molecule has 0 radical (unpaired) electrons. The zero-order chi connectivity index (χ0) is 23.1. The van der Waals surface area contributed by atoms with Gasteiger partial charge in [0.2, 0.25) is 0 Å². The van der Waals surface area contributed by atoms with Gasteiger partial charge in [0.25, 0.3) is 0 Å². The number of carbonyl (C=O) groups is 1. The summed E-state index contributed by atoms with van der Waals surface area (Å²) in [6.07, 6.45) is -0.970. The van der Waals surface area contributed by atoms with Gasteiger partial charge < -0.3 is 23.7 Å². The molecule has 0 aliphatic heterocycles. The Morgan fingerprint density at radius 2 is 0.906 bits per heavy atom. The van der Waals surface area contributed by atoms with Crippen LogP contribution in [0.25, 0.3) is 0 Å². The molecule has 0 spiro atoms. The molecule has 6 nitrogen and oxygen atoms in total. The van der Waals surface area contributed by atoms with Crippen molar-refractivity contribution in [3.05, 3.63) is 89.5 Å². The Balaban J connectivity index is 2.39. The molecule has 0 aliphatic rings. The van der Waals surface area contributed by atoms with Crippen molar-refractivity contribution in [3.8, 4) is 17.2 Å². The Bertz CT molecular complexity index is 894. The summed E-state index contributed by atoms with van der Waals surface area (Å²) in [7, 11) is 7.70. The summed E-state index contributed by atoms with van der Waals surface area (Å²) in [5.74, 6) is 1.63. The molecule has 0 N–H and O–H groups in total. The monoisotopic (exact) mass is 436 g/mol. The van der Waals surface area contributed by atoms with Gasteiger partial charge in [-0.3, -0.25) is 0 Å². The summed E-state index contributed by atoms with van der Waals surface area (Å²) in [5.41, 5.74) is 1.50. The number of methoxy groups -OCH3 is 5. The third kappa shape index (κ3) is 4.14. The molecule has 0 saturated heterocycles. The standard InChI is InChI=1S/C26H28O6/c1-28-21-12-6-18(7-13-21)26(24(31-4)25(27)32-5,19-8-14-22(29-2)15-9-19)20-10-16-23(30-3)17-11-20/h6-17,24H,1-5H3. The highest BCUT2D eigenvalue weighted by Gasteiger charge is 2.49. The lowest BCUT2D eigenvalue weighted by molar-refractivity contribution is -0.155. The molecule has 0 heterocycles. The maximum Gasteiger partial charge on any atom is 0.336 e. The molecule has 0 aliphatic carbocycles. The topological polar surface area (TPSA) is 63.2 Å². The third-order valence-corrected chi connectivity index (χ3v) is 5.68. The van der Waals surface area contributed by atoms with E-state index in [4.69, 9.17) is 23.7 Å². The van der Waals surface area contributed by atoms with Crippen molar-refractivity contribution in [2.75, 3.05) is 35.5 Å². The molecule has 0 fully saturated rings. The lowest BCUT2D eigenvalue weighted by Gasteiger charge is -2.40. The van der Waals surface area contributed by atoms with E-state index in [9.17, 15) is 4.79 Å². The van der Waals surface area contributed by atoms with Gasteiger partial charge in [-0.2, -0.15) is 0 Å². The highest BCUT2D eigenvalue weighted by atomic mass is 16.6. The Morgan fingerprint density at radius 3 is 1.12 bits per heavy atom. The van der Waals surface area contributed by atoms with Crippen LogP contribution in [0, 0.1) is 0 Å². The van der Waals surface area contributed by atoms with E-state index in [-0.39, 0.29) is 0 Å². The molecule has 3 aromatic carbocycles. The maximum absolute atomic E-state index is 13.1. The Morgan fingerprint density at radius 1 is 0.594 bits per heavy atom. The molecule has 32 heavy (non-hydrogen) atoms.